The van der Waals surface area contributed by atoms with E-state index in [0.717, 1.165) is 19.4 Å². The Kier molecular flexibility index (Phi) is 8.56. The molecule has 0 radical (unpaired) electrons. The van der Waals surface area contributed by atoms with Crippen LogP contribution >= 0.6 is 12.4 Å². The minimum Gasteiger partial charge on any atom is -0.480 e. The number of carboxylic acid groups (broad SMARTS) is 1. The van der Waals surface area contributed by atoms with Gasteiger partial charge in [-0.3, -0.25) is 9.69 Å². The van der Waals surface area contributed by atoms with Gasteiger partial charge >= 0.3 is 5.97 Å². The van der Waals surface area contributed by atoms with Gasteiger partial charge in [-0.1, -0.05) is 6.92 Å². The maximum Gasteiger partial charge on any atom is 0.317 e. The van der Waals surface area contributed by atoms with E-state index in [2.05, 4.69) is 11.8 Å². The van der Waals surface area contributed by atoms with E-state index in [-0.39, 0.29) is 19.0 Å². The molecule has 0 spiro atoms. The van der Waals surface area contributed by atoms with Gasteiger partial charge in [0.25, 0.3) is 0 Å². The number of aliphatic carboxylic acids is 1. The lowest BCUT2D eigenvalue weighted by Crippen LogP contribution is -2.36. The van der Waals surface area contributed by atoms with Crippen molar-refractivity contribution in [1.82, 2.24) is 9.80 Å². The fourth-order valence-electron chi connectivity index (χ4n) is 2.46. The Labute approximate surface area is 110 Å². The largest absolute Gasteiger partial charge is 0.480 e. The van der Waals surface area contributed by atoms with Gasteiger partial charge in [-0.15, -0.1) is 12.4 Å². The molecule has 0 aliphatic carbocycles. The van der Waals surface area contributed by atoms with E-state index < -0.39 is 5.97 Å². The third kappa shape index (κ3) is 6.24. The van der Waals surface area contributed by atoms with Crippen molar-refractivity contribution in [2.24, 2.45) is 0 Å². The second-order valence-corrected chi connectivity index (χ2v) is 4.74. The predicted molar refractivity (Wildman–Crippen MR) is 71.9 cm³/mol. The Hall–Kier alpha value is -0.320. The molecule has 1 heterocycles. The van der Waals surface area contributed by atoms with Crippen molar-refractivity contribution in [2.45, 2.75) is 38.6 Å². The van der Waals surface area contributed by atoms with E-state index in [0.29, 0.717) is 6.04 Å². The zero-order valence-electron chi connectivity index (χ0n) is 10.9. The zero-order chi connectivity index (χ0) is 12.0. The smallest absolute Gasteiger partial charge is 0.317 e. The van der Waals surface area contributed by atoms with Crippen LogP contribution in [0.25, 0.3) is 0 Å². The highest BCUT2D eigenvalue weighted by Gasteiger charge is 2.20. The van der Waals surface area contributed by atoms with Gasteiger partial charge in [0.2, 0.25) is 0 Å². The van der Waals surface area contributed by atoms with Crippen LogP contribution in [0.1, 0.15) is 32.6 Å². The van der Waals surface area contributed by atoms with Crippen molar-refractivity contribution in [2.75, 3.05) is 33.2 Å². The van der Waals surface area contributed by atoms with E-state index in [1.54, 1.807) is 0 Å². The normalized spacial score (nSPS) is 21.9. The molecule has 1 aliphatic heterocycles. The molecule has 1 aliphatic rings. The lowest BCUT2D eigenvalue weighted by Gasteiger charge is -2.25. The van der Waals surface area contributed by atoms with E-state index in [9.17, 15) is 4.79 Å². The minimum absolute atomic E-state index is 0. The average Bonchev–Trinajstić information content (AvgIpc) is 2.43. The van der Waals surface area contributed by atoms with Gasteiger partial charge in [-0.2, -0.15) is 0 Å². The summed E-state index contributed by atoms with van der Waals surface area (Å²) in [5, 5.41) is 8.77. The number of nitrogens with zero attached hydrogens (tertiary/aromatic N) is 2. The van der Waals surface area contributed by atoms with E-state index in [1.807, 2.05) is 11.9 Å². The number of carboxylic acids is 1. The molecule has 0 aromatic heterocycles. The van der Waals surface area contributed by atoms with Crippen molar-refractivity contribution in [3.05, 3.63) is 0 Å². The molecule has 1 N–H and O–H groups in total. The molecule has 1 atom stereocenters. The van der Waals surface area contributed by atoms with E-state index in [1.165, 1.54) is 25.9 Å². The molecule has 0 amide bonds. The van der Waals surface area contributed by atoms with Crippen LogP contribution in [-0.4, -0.2) is 60.1 Å². The summed E-state index contributed by atoms with van der Waals surface area (Å²) in [6.07, 6.45) is 4.62. The summed E-state index contributed by atoms with van der Waals surface area (Å²) in [6, 6.07) is 0.443. The van der Waals surface area contributed by atoms with Crippen LogP contribution in [0.5, 0.6) is 0 Å². The lowest BCUT2D eigenvalue weighted by atomic mass is 10.1. The molecule has 0 aromatic rings. The second kappa shape index (κ2) is 8.72. The van der Waals surface area contributed by atoms with Crippen LogP contribution in [0.4, 0.5) is 0 Å². The summed E-state index contributed by atoms with van der Waals surface area (Å²) in [4.78, 5) is 15.1. The number of halogens is 1. The van der Waals surface area contributed by atoms with E-state index >= 15 is 0 Å². The molecule has 1 fully saturated rings. The standard InChI is InChI=1S/C12H24N2O2.ClH/c1-3-7-14-8-4-5-11(6-9-14)13(2)10-12(15)16;/h11H,3-10H2,1-2H3,(H,15,16);1H. The first-order valence-corrected chi connectivity index (χ1v) is 6.28. The molecule has 1 rings (SSSR count). The maximum absolute atomic E-state index is 10.7. The third-order valence-electron chi connectivity index (χ3n) is 3.34. The van der Waals surface area contributed by atoms with Crippen LogP contribution in [0.2, 0.25) is 0 Å². The molecule has 4 nitrogen and oxygen atoms in total. The maximum atomic E-state index is 10.7. The SMILES string of the molecule is CCCN1CCCC(N(C)CC(=O)O)CC1.Cl. The fraction of sp³-hybridized carbons (Fsp3) is 0.917. The quantitative estimate of drug-likeness (QED) is 0.821. The summed E-state index contributed by atoms with van der Waals surface area (Å²) in [7, 11) is 1.92. The zero-order valence-corrected chi connectivity index (χ0v) is 11.7. The summed E-state index contributed by atoms with van der Waals surface area (Å²) in [5.74, 6) is -0.725. The Balaban J connectivity index is 0.00000256. The summed E-state index contributed by atoms with van der Waals surface area (Å²) >= 11 is 0. The van der Waals surface area contributed by atoms with Gasteiger partial charge in [-0.05, 0) is 52.4 Å². The van der Waals surface area contributed by atoms with Crippen molar-refractivity contribution in [3.63, 3.8) is 0 Å². The van der Waals surface area contributed by atoms with Crippen LogP contribution in [-0.2, 0) is 4.79 Å². The van der Waals surface area contributed by atoms with Gasteiger partial charge in [0, 0.05) is 6.04 Å². The fourth-order valence-corrected chi connectivity index (χ4v) is 2.46. The summed E-state index contributed by atoms with van der Waals surface area (Å²) in [5.41, 5.74) is 0. The second-order valence-electron chi connectivity index (χ2n) is 4.74. The summed E-state index contributed by atoms with van der Waals surface area (Å²) in [6.45, 7) is 5.83. The van der Waals surface area contributed by atoms with Crippen LogP contribution in [0, 0.1) is 0 Å². The highest BCUT2D eigenvalue weighted by molar-refractivity contribution is 5.85. The number of likely N-dealkylation sites (N-methyl/N-ethyl adjacent to an activating group) is 1. The lowest BCUT2D eigenvalue weighted by molar-refractivity contribution is -0.138. The van der Waals surface area contributed by atoms with Crippen LogP contribution in [0.3, 0.4) is 0 Å². The first-order chi connectivity index (χ1) is 7.63. The first kappa shape index (κ1) is 16.7. The van der Waals surface area contributed by atoms with Crippen LogP contribution < -0.4 is 0 Å². The Morgan fingerprint density at radius 1 is 1.41 bits per heavy atom. The van der Waals surface area contributed by atoms with Crippen molar-refractivity contribution in [3.8, 4) is 0 Å². The van der Waals surface area contributed by atoms with Crippen molar-refractivity contribution >= 4 is 18.4 Å². The van der Waals surface area contributed by atoms with Gasteiger partial charge in [-0.25, -0.2) is 0 Å². The molecule has 5 heteroatoms. The van der Waals surface area contributed by atoms with Crippen LogP contribution in [0.15, 0.2) is 0 Å². The number of hydrogen-bond acceptors (Lipinski definition) is 3. The van der Waals surface area contributed by atoms with Crippen molar-refractivity contribution in [1.29, 1.82) is 0 Å². The molecular formula is C12H25ClN2O2. The molecule has 1 unspecified atom stereocenters. The van der Waals surface area contributed by atoms with Gasteiger partial charge in [0.05, 0.1) is 6.54 Å². The Bertz CT molecular complexity index is 227. The highest BCUT2D eigenvalue weighted by Crippen LogP contribution is 2.15. The molecule has 0 saturated carbocycles. The first-order valence-electron chi connectivity index (χ1n) is 6.28. The van der Waals surface area contributed by atoms with Gasteiger partial charge in [0.15, 0.2) is 0 Å². The summed E-state index contributed by atoms with van der Waals surface area (Å²) < 4.78 is 0. The minimum atomic E-state index is -0.725. The number of hydrogen-bond donors (Lipinski definition) is 1. The Morgan fingerprint density at radius 2 is 2.12 bits per heavy atom. The van der Waals surface area contributed by atoms with Gasteiger partial charge in [0.1, 0.15) is 0 Å². The molecule has 0 aromatic carbocycles. The topological polar surface area (TPSA) is 43.8 Å². The molecule has 102 valence electrons. The molecular weight excluding hydrogens is 240 g/mol. The molecule has 1 saturated heterocycles. The average molecular weight is 265 g/mol. The van der Waals surface area contributed by atoms with E-state index in [4.69, 9.17) is 5.11 Å². The Morgan fingerprint density at radius 3 is 2.71 bits per heavy atom. The van der Waals surface area contributed by atoms with Gasteiger partial charge < -0.3 is 10.0 Å². The number of likely N-dealkylation sites (tertiary alicyclic amines) is 1. The highest BCUT2D eigenvalue weighted by atomic mass is 35.5. The van der Waals surface area contributed by atoms with Crippen molar-refractivity contribution < 1.29 is 9.90 Å². The monoisotopic (exact) mass is 264 g/mol. The predicted octanol–water partition coefficient (Wildman–Crippen LogP) is 1.69. The number of carbonyl (C=O) groups is 1. The third-order valence-corrected chi connectivity index (χ3v) is 3.34. The molecule has 0 bridgehead atoms. The number of rotatable bonds is 5. The molecule has 17 heavy (non-hydrogen) atoms.